The Hall–Kier alpha value is -0.660. The van der Waals surface area contributed by atoms with E-state index in [0.29, 0.717) is 18.6 Å². The molecule has 0 saturated carbocycles. The van der Waals surface area contributed by atoms with Crippen LogP contribution in [0.3, 0.4) is 0 Å². The molecule has 2 rings (SSSR count). The van der Waals surface area contributed by atoms with Gasteiger partial charge in [-0.15, -0.1) is 0 Å². The molecule has 0 aromatic rings. The Labute approximate surface area is 120 Å². The number of aliphatic carboxylic acids is 1. The van der Waals surface area contributed by atoms with Gasteiger partial charge in [-0.25, -0.2) is 8.42 Å². The van der Waals surface area contributed by atoms with E-state index < -0.39 is 15.8 Å². The number of rotatable bonds is 3. The molecular formula is C13H24N2O4S. The fourth-order valence-corrected chi connectivity index (χ4v) is 4.87. The van der Waals surface area contributed by atoms with Crippen LogP contribution in [0.4, 0.5) is 0 Å². The molecule has 116 valence electrons. The predicted octanol–water partition coefficient (Wildman–Crippen LogP) is 0.0428. The van der Waals surface area contributed by atoms with Crippen LogP contribution in [0.1, 0.15) is 26.2 Å². The first-order chi connectivity index (χ1) is 9.28. The monoisotopic (exact) mass is 304 g/mol. The third-order valence-electron chi connectivity index (χ3n) is 4.64. The van der Waals surface area contributed by atoms with Crippen molar-refractivity contribution in [2.24, 2.45) is 0 Å². The van der Waals surface area contributed by atoms with E-state index in [4.69, 9.17) is 5.11 Å². The molecule has 2 fully saturated rings. The van der Waals surface area contributed by atoms with Crippen LogP contribution in [0.25, 0.3) is 0 Å². The maximum Gasteiger partial charge on any atom is 0.304 e. The minimum atomic E-state index is -3.09. The Morgan fingerprint density at radius 1 is 1.35 bits per heavy atom. The summed E-state index contributed by atoms with van der Waals surface area (Å²) in [5.74, 6) is -0.776. The van der Waals surface area contributed by atoms with Gasteiger partial charge >= 0.3 is 5.97 Å². The van der Waals surface area contributed by atoms with Crippen molar-refractivity contribution in [3.05, 3.63) is 0 Å². The summed E-state index contributed by atoms with van der Waals surface area (Å²) in [6.07, 6.45) is 1.88. The highest BCUT2D eigenvalue weighted by Crippen LogP contribution is 2.26. The van der Waals surface area contributed by atoms with Crippen LogP contribution in [-0.4, -0.2) is 79.1 Å². The summed E-state index contributed by atoms with van der Waals surface area (Å²) in [4.78, 5) is 15.4. The summed E-state index contributed by atoms with van der Waals surface area (Å²) in [7, 11) is -0.995. The van der Waals surface area contributed by atoms with E-state index in [1.165, 1.54) is 0 Å². The lowest BCUT2D eigenvalue weighted by Gasteiger charge is -2.45. The standard InChI is InChI=1S/C13H24N2O4S/c1-10-7-11(3-4-14(10)2)15-5-6-20(18,19)9-12(15)8-13(16)17/h10-12H,3-9H2,1-2H3,(H,16,17). The Morgan fingerprint density at radius 2 is 2.05 bits per heavy atom. The van der Waals surface area contributed by atoms with Crippen molar-refractivity contribution in [1.29, 1.82) is 0 Å². The highest BCUT2D eigenvalue weighted by atomic mass is 32.2. The van der Waals surface area contributed by atoms with Crippen LogP contribution in [0.15, 0.2) is 0 Å². The van der Waals surface area contributed by atoms with Crippen LogP contribution < -0.4 is 0 Å². The lowest BCUT2D eigenvalue weighted by molar-refractivity contribution is -0.138. The van der Waals surface area contributed by atoms with Crippen molar-refractivity contribution in [2.45, 2.75) is 44.3 Å². The average Bonchev–Trinajstić information content (AvgIpc) is 2.31. The van der Waals surface area contributed by atoms with Crippen molar-refractivity contribution < 1.29 is 18.3 Å². The maximum absolute atomic E-state index is 11.8. The smallest absolute Gasteiger partial charge is 0.304 e. The third-order valence-corrected chi connectivity index (χ3v) is 6.33. The van der Waals surface area contributed by atoms with Gasteiger partial charge in [0.15, 0.2) is 9.84 Å². The van der Waals surface area contributed by atoms with E-state index in [1.54, 1.807) is 0 Å². The molecule has 2 saturated heterocycles. The molecule has 0 bridgehead atoms. The molecule has 2 aliphatic heterocycles. The lowest BCUT2D eigenvalue weighted by Crippen LogP contribution is -2.57. The fourth-order valence-electron chi connectivity index (χ4n) is 3.32. The first-order valence-electron chi connectivity index (χ1n) is 7.16. The number of carbonyl (C=O) groups is 1. The number of sulfone groups is 1. The molecule has 0 amide bonds. The second-order valence-electron chi connectivity index (χ2n) is 6.11. The molecule has 3 atom stereocenters. The van der Waals surface area contributed by atoms with Gasteiger partial charge in [-0.3, -0.25) is 9.69 Å². The zero-order chi connectivity index (χ0) is 14.9. The number of carboxylic acid groups (broad SMARTS) is 1. The van der Waals surface area contributed by atoms with E-state index in [2.05, 4.69) is 23.8 Å². The van der Waals surface area contributed by atoms with Crippen LogP contribution in [-0.2, 0) is 14.6 Å². The van der Waals surface area contributed by atoms with Crippen LogP contribution in [0, 0.1) is 0 Å². The Balaban J connectivity index is 2.09. The van der Waals surface area contributed by atoms with Gasteiger partial charge in [0.05, 0.1) is 17.9 Å². The van der Waals surface area contributed by atoms with Crippen LogP contribution >= 0.6 is 0 Å². The summed E-state index contributed by atoms with van der Waals surface area (Å²) in [6, 6.07) is 0.394. The normalized spacial score (nSPS) is 35.8. The molecule has 0 spiro atoms. The zero-order valence-corrected chi connectivity index (χ0v) is 13.0. The van der Waals surface area contributed by atoms with Gasteiger partial charge in [-0.1, -0.05) is 0 Å². The van der Waals surface area contributed by atoms with E-state index in [1.807, 2.05) is 0 Å². The van der Waals surface area contributed by atoms with Crippen molar-refractivity contribution in [3.63, 3.8) is 0 Å². The molecule has 20 heavy (non-hydrogen) atoms. The molecule has 1 N–H and O–H groups in total. The van der Waals surface area contributed by atoms with Crippen molar-refractivity contribution in [3.8, 4) is 0 Å². The van der Waals surface area contributed by atoms with Crippen LogP contribution in [0.2, 0.25) is 0 Å². The first-order valence-corrected chi connectivity index (χ1v) is 8.99. The number of hydrogen-bond acceptors (Lipinski definition) is 5. The molecule has 2 aliphatic rings. The zero-order valence-electron chi connectivity index (χ0n) is 12.2. The first kappa shape index (κ1) is 15.7. The van der Waals surface area contributed by atoms with Crippen molar-refractivity contribution in [2.75, 3.05) is 31.6 Å². The molecule has 7 heteroatoms. The summed E-state index contributed by atoms with van der Waals surface area (Å²) in [5, 5.41) is 9.02. The Bertz CT molecular complexity index is 465. The summed E-state index contributed by atoms with van der Waals surface area (Å²) in [5.41, 5.74) is 0. The second kappa shape index (κ2) is 5.99. The largest absolute Gasteiger partial charge is 0.481 e. The van der Waals surface area contributed by atoms with E-state index in [-0.39, 0.29) is 24.0 Å². The number of hydrogen-bond donors (Lipinski definition) is 1. The highest BCUT2D eigenvalue weighted by Gasteiger charge is 2.38. The van der Waals surface area contributed by atoms with Gasteiger partial charge in [0.2, 0.25) is 0 Å². The lowest BCUT2D eigenvalue weighted by atomic mass is 9.95. The fraction of sp³-hybridized carbons (Fsp3) is 0.923. The van der Waals surface area contributed by atoms with Gasteiger partial charge in [0.25, 0.3) is 0 Å². The molecule has 0 aliphatic carbocycles. The van der Waals surface area contributed by atoms with Crippen molar-refractivity contribution >= 4 is 15.8 Å². The topological polar surface area (TPSA) is 77.9 Å². The molecule has 0 aromatic heterocycles. The number of nitrogens with zero attached hydrogens (tertiary/aromatic N) is 2. The number of likely N-dealkylation sites (tertiary alicyclic amines) is 1. The summed E-state index contributed by atoms with van der Waals surface area (Å²) >= 11 is 0. The van der Waals surface area contributed by atoms with Crippen LogP contribution in [0.5, 0.6) is 0 Å². The van der Waals surface area contributed by atoms with E-state index in [9.17, 15) is 13.2 Å². The Kier molecular flexibility index (Phi) is 4.71. The third kappa shape index (κ3) is 3.71. The SMILES string of the molecule is CC1CC(N2CCS(=O)(=O)CC2CC(=O)O)CCN1C. The maximum atomic E-state index is 11.8. The summed E-state index contributed by atoms with van der Waals surface area (Å²) < 4.78 is 23.5. The quantitative estimate of drug-likeness (QED) is 0.793. The van der Waals surface area contributed by atoms with Gasteiger partial charge in [0, 0.05) is 24.7 Å². The molecule has 2 heterocycles. The highest BCUT2D eigenvalue weighted by molar-refractivity contribution is 7.91. The minimum Gasteiger partial charge on any atom is -0.481 e. The van der Waals surface area contributed by atoms with Crippen molar-refractivity contribution in [1.82, 2.24) is 9.80 Å². The molecular weight excluding hydrogens is 280 g/mol. The minimum absolute atomic E-state index is 0.0139. The second-order valence-corrected chi connectivity index (χ2v) is 8.34. The van der Waals surface area contributed by atoms with E-state index in [0.717, 1.165) is 19.4 Å². The summed E-state index contributed by atoms with van der Waals surface area (Å²) in [6.45, 7) is 3.62. The van der Waals surface area contributed by atoms with Gasteiger partial charge < -0.3 is 10.0 Å². The van der Waals surface area contributed by atoms with Gasteiger partial charge in [0.1, 0.15) is 0 Å². The van der Waals surface area contributed by atoms with Gasteiger partial charge in [-0.2, -0.15) is 0 Å². The average molecular weight is 304 g/mol. The molecule has 0 radical (unpaired) electrons. The Morgan fingerprint density at radius 3 is 2.65 bits per heavy atom. The predicted molar refractivity (Wildman–Crippen MR) is 76.5 cm³/mol. The number of piperidine rings is 1. The van der Waals surface area contributed by atoms with Gasteiger partial charge in [-0.05, 0) is 33.4 Å². The van der Waals surface area contributed by atoms with E-state index >= 15 is 0 Å². The molecule has 3 unspecified atom stereocenters. The molecule has 0 aromatic carbocycles. The number of carboxylic acids is 1. The molecule has 6 nitrogen and oxygen atoms in total.